The van der Waals surface area contributed by atoms with Crippen LogP contribution < -0.4 is 10.5 Å². The third-order valence-corrected chi connectivity index (χ3v) is 2.23. The number of rotatable bonds is 5. The summed E-state index contributed by atoms with van der Waals surface area (Å²) in [7, 11) is 0. The average Bonchev–Trinajstić information content (AvgIpc) is 2.27. The van der Waals surface area contributed by atoms with Gasteiger partial charge in [-0.2, -0.15) is 13.2 Å². The molecule has 0 aliphatic heterocycles. The predicted molar refractivity (Wildman–Crippen MR) is 57.6 cm³/mol. The molecule has 0 saturated heterocycles. The second kappa shape index (κ2) is 5.86. The Kier molecular flexibility index (Phi) is 4.74. The fourth-order valence-electron chi connectivity index (χ4n) is 1.19. The Labute approximate surface area is 97.8 Å². The van der Waals surface area contributed by atoms with E-state index in [1.165, 1.54) is 6.20 Å². The van der Waals surface area contributed by atoms with Crippen molar-refractivity contribution >= 4 is 0 Å². The van der Waals surface area contributed by atoms with E-state index in [-0.39, 0.29) is 6.04 Å². The Morgan fingerprint density at radius 2 is 2.12 bits per heavy atom. The summed E-state index contributed by atoms with van der Waals surface area (Å²) >= 11 is 0. The zero-order valence-electron chi connectivity index (χ0n) is 9.50. The van der Waals surface area contributed by atoms with Gasteiger partial charge in [0, 0.05) is 6.04 Å². The lowest BCUT2D eigenvalue weighted by Gasteiger charge is -2.10. The lowest BCUT2D eigenvalue weighted by atomic mass is 10.1. The number of hydrogen-bond acceptors (Lipinski definition) is 3. The topological polar surface area (TPSA) is 48.1 Å². The van der Waals surface area contributed by atoms with Crippen molar-refractivity contribution in [1.82, 2.24) is 4.98 Å². The molecule has 3 nitrogen and oxygen atoms in total. The minimum atomic E-state index is -4.20. The zero-order chi connectivity index (χ0) is 12.9. The van der Waals surface area contributed by atoms with E-state index in [0.29, 0.717) is 11.4 Å². The van der Waals surface area contributed by atoms with Gasteiger partial charge >= 0.3 is 6.18 Å². The van der Waals surface area contributed by atoms with Gasteiger partial charge in [0.25, 0.3) is 0 Å². The van der Waals surface area contributed by atoms with Crippen molar-refractivity contribution in [2.75, 3.05) is 6.61 Å². The van der Waals surface area contributed by atoms with Crippen LogP contribution in [0.15, 0.2) is 18.3 Å². The first-order chi connectivity index (χ1) is 7.92. The zero-order valence-corrected chi connectivity index (χ0v) is 9.50. The largest absolute Gasteiger partial charge is 0.492 e. The van der Waals surface area contributed by atoms with Crippen molar-refractivity contribution in [3.63, 3.8) is 0 Å². The van der Waals surface area contributed by atoms with Gasteiger partial charge in [-0.15, -0.1) is 0 Å². The molecule has 0 saturated carbocycles. The molecule has 1 atom stereocenters. The molecular formula is C11H15F3N2O. The minimum Gasteiger partial charge on any atom is -0.492 e. The van der Waals surface area contributed by atoms with Gasteiger partial charge in [0.05, 0.1) is 24.9 Å². The Balaban J connectivity index is 2.46. The molecule has 0 radical (unpaired) electrons. The third kappa shape index (κ3) is 5.04. The first kappa shape index (κ1) is 13.8. The first-order valence-electron chi connectivity index (χ1n) is 5.33. The van der Waals surface area contributed by atoms with Crippen LogP contribution in [0.1, 0.15) is 31.5 Å². The fourth-order valence-corrected chi connectivity index (χ4v) is 1.19. The molecule has 0 spiro atoms. The molecule has 2 N–H and O–H groups in total. The second-order valence-electron chi connectivity index (χ2n) is 3.65. The Hall–Kier alpha value is -1.30. The number of nitrogens with zero attached hydrogens (tertiary/aromatic N) is 1. The van der Waals surface area contributed by atoms with Crippen LogP contribution in [0.3, 0.4) is 0 Å². The second-order valence-corrected chi connectivity index (χ2v) is 3.65. The standard InChI is InChI=1S/C11H15F3N2O/c1-2-9(15)10-4-3-8(7-16-10)17-6-5-11(12,13)14/h3-4,7,9H,2,5-6,15H2,1H3/t9-/m0/s1. The lowest BCUT2D eigenvalue weighted by molar-refractivity contribution is -0.139. The van der Waals surface area contributed by atoms with E-state index in [9.17, 15) is 13.2 Å². The lowest BCUT2D eigenvalue weighted by Crippen LogP contribution is -2.13. The highest BCUT2D eigenvalue weighted by Crippen LogP contribution is 2.20. The van der Waals surface area contributed by atoms with Crippen LogP contribution >= 0.6 is 0 Å². The van der Waals surface area contributed by atoms with Gasteiger partial charge in [0.15, 0.2) is 0 Å². The van der Waals surface area contributed by atoms with Crippen molar-refractivity contribution in [2.45, 2.75) is 32.0 Å². The normalized spacial score (nSPS) is 13.5. The van der Waals surface area contributed by atoms with Gasteiger partial charge in [0.2, 0.25) is 0 Å². The van der Waals surface area contributed by atoms with Crippen LogP contribution in [0.5, 0.6) is 5.75 Å². The van der Waals surface area contributed by atoms with E-state index in [1.807, 2.05) is 6.92 Å². The number of pyridine rings is 1. The molecular weight excluding hydrogens is 233 g/mol. The van der Waals surface area contributed by atoms with Crippen molar-refractivity contribution in [1.29, 1.82) is 0 Å². The third-order valence-electron chi connectivity index (χ3n) is 2.23. The number of alkyl halides is 3. The number of aromatic nitrogens is 1. The van der Waals surface area contributed by atoms with E-state index in [2.05, 4.69) is 4.98 Å². The highest BCUT2D eigenvalue weighted by molar-refractivity contribution is 5.21. The van der Waals surface area contributed by atoms with Gasteiger partial charge in [-0.05, 0) is 18.6 Å². The number of ether oxygens (including phenoxy) is 1. The van der Waals surface area contributed by atoms with Crippen molar-refractivity contribution < 1.29 is 17.9 Å². The van der Waals surface area contributed by atoms with Gasteiger partial charge in [0.1, 0.15) is 5.75 Å². The maximum Gasteiger partial charge on any atom is 0.392 e. The molecule has 1 aromatic heterocycles. The number of nitrogens with two attached hydrogens (primary N) is 1. The van der Waals surface area contributed by atoms with Crippen molar-refractivity contribution in [2.24, 2.45) is 5.73 Å². The summed E-state index contributed by atoms with van der Waals surface area (Å²) in [6.45, 7) is 1.53. The predicted octanol–water partition coefficient (Wildman–Crippen LogP) is 2.82. The van der Waals surface area contributed by atoms with Crippen molar-refractivity contribution in [3.05, 3.63) is 24.0 Å². The summed E-state index contributed by atoms with van der Waals surface area (Å²) in [6, 6.07) is 3.09. The molecule has 0 amide bonds. The molecule has 1 aromatic rings. The van der Waals surface area contributed by atoms with Gasteiger partial charge in [-0.1, -0.05) is 6.92 Å². The molecule has 6 heteroatoms. The maximum atomic E-state index is 11.9. The summed E-state index contributed by atoms with van der Waals surface area (Å²) in [6.07, 6.45) is -3.02. The number of halogens is 3. The van der Waals surface area contributed by atoms with Crippen LogP contribution in [0.25, 0.3) is 0 Å². The van der Waals surface area contributed by atoms with Crippen LogP contribution in [0, 0.1) is 0 Å². The van der Waals surface area contributed by atoms with Crippen LogP contribution in [0.4, 0.5) is 13.2 Å². The maximum absolute atomic E-state index is 11.9. The minimum absolute atomic E-state index is 0.153. The van der Waals surface area contributed by atoms with Crippen LogP contribution in [-0.2, 0) is 0 Å². The van der Waals surface area contributed by atoms with Crippen LogP contribution in [0.2, 0.25) is 0 Å². The van der Waals surface area contributed by atoms with E-state index in [4.69, 9.17) is 10.5 Å². The van der Waals surface area contributed by atoms with E-state index in [1.54, 1.807) is 12.1 Å². The summed E-state index contributed by atoms with van der Waals surface area (Å²) < 4.78 is 40.5. The fraction of sp³-hybridized carbons (Fsp3) is 0.545. The van der Waals surface area contributed by atoms with E-state index in [0.717, 1.165) is 6.42 Å². The molecule has 17 heavy (non-hydrogen) atoms. The smallest absolute Gasteiger partial charge is 0.392 e. The highest BCUT2D eigenvalue weighted by Gasteiger charge is 2.26. The molecule has 96 valence electrons. The Bertz CT molecular complexity index is 338. The highest BCUT2D eigenvalue weighted by atomic mass is 19.4. The van der Waals surface area contributed by atoms with E-state index < -0.39 is 19.2 Å². The molecule has 1 rings (SSSR count). The van der Waals surface area contributed by atoms with Gasteiger partial charge in [-0.25, -0.2) is 0 Å². The molecule has 0 aromatic carbocycles. The molecule has 0 aliphatic carbocycles. The number of hydrogen-bond donors (Lipinski definition) is 1. The summed E-state index contributed by atoms with van der Waals surface area (Å²) in [5, 5.41) is 0. The quantitative estimate of drug-likeness (QED) is 0.871. The SMILES string of the molecule is CC[C@H](N)c1ccc(OCCC(F)(F)F)cn1. The molecule has 1 heterocycles. The van der Waals surface area contributed by atoms with Crippen molar-refractivity contribution in [3.8, 4) is 5.75 Å². The molecule has 0 fully saturated rings. The molecule has 0 aliphatic rings. The van der Waals surface area contributed by atoms with Gasteiger partial charge in [-0.3, -0.25) is 4.98 Å². The first-order valence-corrected chi connectivity index (χ1v) is 5.33. The molecule has 0 bridgehead atoms. The van der Waals surface area contributed by atoms with E-state index >= 15 is 0 Å². The Morgan fingerprint density at radius 3 is 2.59 bits per heavy atom. The monoisotopic (exact) mass is 248 g/mol. The van der Waals surface area contributed by atoms with Crippen LogP contribution in [-0.4, -0.2) is 17.8 Å². The van der Waals surface area contributed by atoms with Gasteiger partial charge < -0.3 is 10.5 Å². The molecule has 0 unspecified atom stereocenters. The summed E-state index contributed by atoms with van der Waals surface area (Å²) in [4.78, 5) is 4.03. The summed E-state index contributed by atoms with van der Waals surface area (Å²) in [5.74, 6) is 0.321. The Morgan fingerprint density at radius 1 is 1.41 bits per heavy atom. The average molecular weight is 248 g/mol. The summed E-state index contributed by atoms with van der Waals surface area (Å²) in [5.41, 5.74) is 6.45.